The Hall–Kier alpha value is -0.980. The molecule has 17 heavy (non-hydrogen) atoms. The molecule has 0 aromatic heterocycles. The van der Waals surface area contributed by atoms with Gasteiger partial charge in [-0.1, -0.05) is 40.7 Å². The fraction of sp³-hybridized carbons (Fsp3) is 0.625. The molecule has 0 amide bonds. The molecule has 0 heterocycles. The summed E-state index contributed by atoms with van der Waals surface area (Å²) in [6, 6.07) is 6.69. The van der Waals surface area contributed by atoms with Gasteiger partial charge >= 0.3 is 0 Å². The Morgan fingerprint density at radius 2 is 1.76 bits per heavy atom. The van der Waals surface area contributed by atoms with Gasteiger partial charge in [0.05, 0.1) is 6.61 Å². The average molecular weight is 234 g/mol. The summed E-state index contributed by atoms with van der Waals surface area (Å²) in [4.78, 5) is 0. The van der Waals surface area contributed by atoms with Gasteiger partial charge in [-0.2, -0.15) is 0 Å². The maximum absolute atomic E-state index is 5.68. The van der Waals surface area contributed by atoms with Crippen molar-refractivity contribution in [2.75, 3.05) is 6.61 Å². The lowest BCUT2D eigenvalue weighted by Gasteiger charge is -2.22. The molecular formula is C16H26O. The summed E-state index contributed by atoms with van der Waals surface area (Å²) in [5, 5.41) is 0. The van der Waals surface area contributed by atoms with Crippen molar-refractivity contribution >= 4 is 0 Å². The van der Waals surface area contributed by atoms with Crippen LogP contribution in [0.3, 0.4) is 0 Å². The van der Waals surface area contributed by atoms with Crippen molar-refractivity contribution in [2.45, 2.75) is 59.3 Å². The van der Waals surface area contributed by atoms with Gasteiger partial charge in [-0.25, -0.2) is 0 Å². The Morgan fingerprint density at radius 3 is 2.24 bits per heavy atom. The molecule has 0 aliphatic rings. The maximum atomic E-state index is 5.68. The van der Waals surface area contributed by atoms with E-state index >= 15 is 0 Å². The van der Waals surface area contributed by atoms with Crippen LogP contribution in [-0.2, 0) is 5.41 Å². The van der Waals surface area contributed by atoms with Gasteiger partial charge < -0.3 is 4.74 Å². The van der Waals surface area contributed by atoms with Gasteiger partial charge in [0.25, 0.3) is 0 Å². The van der Waals surface area contributed by atoms with Gasteiger partial charge in [0, 0.05) is 0 Å². The van der Waals surface area contributed by atoms with Crippen molar-refractivity contribution in [3.8, 4) is 5.75 Å². The highest BCUT2D eigenvalue weighted by molar-refractivity contribution is 5.39. The molecule has 0 saturated carbocycles. The second-order valence-electron chi connectivity index (χ2n) is 5.78. The van der Waals surface area contributed by atoms with E-state index in [2.05, 4.69) is 52.8 Å². The molecule has 0 aliphatic carbocycles. The zero-order chi connectivity index (χ0) is 13.1. The number of hydrogen-bond acceptors (Lipinski definition) is 1. The van der Waals surface area contributed by atoms with E-state index in [-0.39, 0.29) is 5.41 Å². The minimum absolute atomic E-state index is 0.176. The highest BCUT2D eigenvalue weighted by atomic mass is 16.5. The second kappa shape index (κ2) is 5.57. The third kappa shape index (κ3) is 3.76. The van der Waals surface area contributed by atoms with E-state index in [0.717, 1.165) is 12.4 Å². The standard InChI is InChI=1S/C16H26O/c1-7-12(3)13-9-14(16(4,5)6)11-15(10-13)17-8-2/h9-12H,7-8H2,1-6H3. The zero-order valence-electron chi connectivity index (χ0n) is 12.1. The lowest BCUT2D eigenvalue weighted by atomic mass is 9.84. The summed E-state index contributed by atoms with van der Waals surface area (Å²) in [5.41, 5.74) is 2.93. The molecule has 1 aromatic rings. The fourth-order valence-electron chi connectivity index (χ4n) is 1.83. The molecule has 1 nitrogen and oxygen atoms in total. The lowest BCUT2D eigenvalue weighted by Crippen LogP contribution is -2.12. The molecule has 1 aromatic carbocycles. The number of benzene rings is 1. The summed E-state index contributed by atoms with van der Waals surface area (Å²) in [6.07, 6.45) is 1.17. The van der Waals surface area contributed by atoms with Gasteiger partial charge in [-0.15, -0.1) is 0 Å². The van der Waals surface area contributed by atoms with Crippen LogP contribution in [-0.4, -0.2) is 6.61 Å². The predicted octanol–water partition coefficient (Wildman–Crippen LogP) is 4.90. The monoisotopic (exact) mass is 234 g/mol. The molecule has 1 rings (SSSR count). The Bertz CT molecular complexity index is 360. The van der Waals surface area contributed by atoms with Crippen LogP contribution in [0.25, 0.3) is 0 Å². The smallest absolute Gasteiger partial charge is 0.119 e. The van der Waals surface area contributed by atoms with E-state index in [4.69, 9.17) is 4.74 Å². The van der Waals surface area contributed by atoms with Crippen molar-refractivity contribution in [2.24, 2.45) is 0 Å². The molecule has 0 fully saturated rings. The molecular weight excluding hydrogens is 208 g/mol. The van der Waals surface area contributed by atoms with Crippen LogP contribution in [0.15, 0.2) is 18.2 Å². The minimum Gasteiger partial charge on any atom is -0.494 e. The molecule has 0 bridgehead atoms. The topological polar surface area (TPSA) is 9.23 Å². The number of ether oxygens (including phenoxy) is 1. The van der Waals surface area contributed by atoms with Crippen LogP contribution >= 0.6 is 0 Å². The van der Waals surface area contributed by atoms with Crippen LogP contribution in [0, 0.1) is 0 Å². The van der Waals surface area contributed by atoms with Crippen LogP contribution < -0.4 is 4.74 Å². The summed E-state index contributed by atoms with van der Waals surface area (Å²) in [6.45, 7) is 14.0. The molecule has 1 atom stereocenters. The Balaban J connectivity index is 3.18. The van der Waals surface area contributed by atoms with E-state index in [1.54, 1.807) is 0 Å². The summed E-state index contributed by atoms with van der Waals surface area (Å²) in [7, 11) is 0. The summed E-state index contributed by atoms with van der Waals surface area (Å²) >= 11 is 0. The first-order chi connectivity index (χ1) is 7.88. The van der Waals surface area contributed by atoms with E-state index in [1.807, 2.05) is 6.92 Å². The first kappa shape index (κ1) is 14.1. The van der Waals surface area contributed by atoms with Crippen molar-refractivity contribution in [3.05, 3.63) is 29.3 Å². The van der Waals surface area contributed by atoms with Crippen molar-refractivity contribution < 1.29 is 4.74 Å². The van der Waals surface area contributed by atoms with Crippen molar-refractivity contribution in [1.82, 2.24) is 0 Å². The first-order valence-corrected chi connectivity index (χ1v) is 6.66. The van der Waals surface area contributed by atoms with Crippen LogP contribution in [0.1, 0.15) is 65.0 Å². The SMILES string of the molecule is CCOc1cc(C(C)CC)cc(C(C)(C)C)c1. The summed E-state index contributed by atoms with van der Waals surface area (Å²) < 4.78 is 5.68. The largest absolute Gasteiger partial charge is 0.494 e. The number of hydrogen-bond donors (Lipinski definition) is 0. The third-order valence-electron chi connectivity index (χ3n) is 3.29. The summed E-state index contributed by atoms with van der Waals surface area (Å²) in [5.74, 6) is 1.60. The van der Waals surface area contributed by atoms with Crippen molar-refractivity contribution in [1.29, 1.82) is 0 Å². The van der Waals surface area contributed by atoms with E-state index < -0.39 is 0 Å². The molecule has 0 spiro atoms. The molecule has 0 saturated heterocycles. The Labute approximate surface area is 106 Å². The van der Waals surface area contributed by atoms with Gasteiger partial charge in [0.15, 0.2) is 0 Å². The third-order valence-corrected chi connectivity index (χ3v) is 3.29. The second-order valence-corrected chi connectivity index (χ2v) is 5.78. The zero-order valence-corrected chi connectivity index (χ0v) is 12.1. The fourth-order valence-corrected chi connectivity index (χ4v) is 1.83. The Kier molecular flexibility index (Phi) is 4.62. The molecule has 1 heteroatoms. The van der Waals surface area contributed by atoms with Crippen LogP contribution in [0.5, 0.6) is 5.75 Å². The maximum Gasteiger partial charge on any atom is 0.119 e. The first-order valence-electron chi connectivity index (χ1n) is 6.66. The van der Waals surface area contributed by atoms with E-state index in [9.17, 15) is 0 Å². The van der Waals surface area contributed by atoms with Gasteiger partial charge in [0.2, 0.25) is 0 Å². The lowest BCUT2D eigenvalue weighted by molar-refractivity contribution is 0.338. The Morgan fingerprint density at radius 1 is 1.12 bits per heavy atom. The average Bonchev–Trinajstić information content (AvgIpc) is 2.27. The highest BCUT2D eigenvalue weighted by Crippen LogP contribution is 2.31. The van der Waals surface area contributed by atoms with E-state index in [0.29, 0.717) is 5.92 Å². The van der Waals surface area contributed by atoms with Crippen LogP contribution in [0.2, 0.25) is 0 Å². The van der Waals surface area contributed by atoms with Gasteiger partial charge in [-0.3, -0.25) is 0 Å². The predicted molar refractivity (Wildman–Crippen MR) is 75.0 cm³/mol. The van der Waals surface area contributed by atoms with Crippen molar-refractivity contribution in [3.63, 3.8) is 0 Å². The van der Waals surface area contributed by atoms with Crippen LogP contribution in [0.4, 0.5) is 0 Å². The molecule has 0 aliphatic heterocycles. The molecule has 0 N–H and O–H groups in total. The molecule has 1 unspecified atom stereocenters. The highest BCUT2D eigenvalue weighted by Gasteiger charge is 2.17. The van der Waals surface area contributed by atoms with Gasteiger partial charge in [0.1, 0.15) is 5.75 Å². The normalized spacial score (nSPS) is 13.5. The quantitative estimate of drug-likeness (QED) is 0.720. The molecule has 96 valence electrons. The van der Waals surface area contributed by atoms with E-state index in [1.165, 1.54) is 17.5 Å². The van der Waals surface area contributed by atoms with Gasteiger partial charge in [-0.05, 0) is 47.9 Å². The molecule has 0 radical (unpaired) electrons. The number of rotatable bonds is 4. The minimum atomic E-state index is 0.176.